The van der Waals surface area contributed by atoms with Crippen LogP contribution in [0.15, 0.2) is 48.7 Å². The average Bonchev–Trinajstić information content (AvgIpc) is 2.51. The fourth-order valence-electron chi connectivity index (χ4n) is 1.80. The fourth-order valence-corrected chi connectivity index (χ4v) is 1.80. The molecule has 3 N–H and O–H groups in total. The summed E-state index contributed by atoms with van der Waals surface area (Å²) in [5.41, 5.74) is 0.162. The Morgan fingerprint density at radius 1 is 1.23 bits per heavy atom. The highest BCUT2D eigenvalue weighted by Crippen LogP contribution is 2.29. The Balaban J connectivity index is 2.30. The van der Waals surface area contributed by atoms with Gasteiger partial charge < -0.3 is 20.3 Å². The lowest BCUT2D eigenvalue weighted by Crippen LogP contribution is -2.02. The predicted molar refractivity (Wildman–Crippen MR) is 81.4 cm³/mol. The van der Waals surface area contributed by atoms with Crippen molar-refractivity contribution in [2.75, 3.05) is 12.4 Å². The monoisotopic (exact) mass is 302 g/mol. The maximum Gasteiger partial charge on any atom is 0.296 e. The van der Waals surface area contributed by atoms with Gasteiger partial charge in [0.25, 0.3) is 5.70 Å². The summed E-state index contributed by atoms with van der Waals surface area (Å²) < 4.78 is 5.02. The molecule has 2 aromatic rings. The van der Waals surface area contributed by atoms with E-state index in [0.29, 0.717) is 11.4 Å². The summed E-state index contributed by atoms with van der Waals surface area (Å²) in [7, 11) is 1.54. The third kappa shape index (κ3) is 3.45. The predicted octanol–water partition coefficient (Wildman–Crippen LogP) is 2.79. The number of rotatable bonds is 5. The van der Waals surface area contributed by atoms with E-state index in [1.807, 2.05) is 0 Å². The third-order valence-electron chi connectivity index (χ3n) is 2.92. The van der Waals surface area contributed by atoms with Gasteiger partial charge in [-0.15, -0.1) is 0 Å². The Bertz CT molecular complexity index is 710. The van der Waals surface area contributed by atoms with Crippen LogP contribution >= 0.6 is 0 Å². The topological polar surface area (TPSA) is 105 Å². The van der Waals surface area contributed by atoms with E-state index in [1.165, 1.54) is 19.2 Å². The number of nitrogens with one attached hydrogen (secondary N) is 1. The largest absolute Gasteiger partial charge is 0.508 e. The van der Waals surface area contributed by atoms with Crippen molar-refractivity contribution in [2.45, 2.75) is 0 Å². The SMILES string of the molecule is COc1ccc(NC=C(c2cc(O)ccc2O)[N+](=O)[O-])cc1. The average molecular weight is 302 g/mol. The molecular formula is C15H14N2O5. The number of benzene rings is 2. The standard InChI is InChI=1S/C15H14N2O5/c1-22-12-5-2-10(3-6-12)16-9-14(17(20)21)13-8-11(18)4-7-15(13)19/h2-9,16,18-19H,1H3. The Morgan fingerprint density at radius 2 is 1.91 bits per heavy atom. The molecule has 0 unspecified atom stereocenters. The van der Waals surface area contributed by atoms with Gasteiger partial charge in [-0.25, -0.2) is 0 Å². The van der Waals surface area contributed by atoms with Crippen LogP contribution in [0.5, 0.6) is 17.2 Å². The Morgan fingerprint density at radius 3 is 2.50 bits per heavy atom. The van der Waals surface area contributed by atoms with Gasteiger partial charge in [0.15, 0.2) is 0 Å². The van der Waals surface area contributed by atoms with Crippen molar-refractivity contribution < 1.29 is 19.9 Å². The van der Waals surface area contributed by atoms with Crippen LogP contribution in [0.3, 0.4) is 0 Å². The number of ether oxygens (including phenoxy) is 1. The molecule has 0 heterocycles. The van der Waals surface area contributed by atoms with Gasteiger partial charge in [0.05, 0.1) is 23.8 Å². The van der Waals surface area contributed by atoms with Crippen molar-refractivity contribution in [1.82, 2.24) is 0 Å². The molecule has 0 aliphatic rings. The molecule has 0 saturated carbocycles. The maximum atomic E-state index is 11.2. The summed E-state index contributed by atoms with van der Waals surface area (Å²) in [5.74, 6) is 0.192. The number of anilines is 1. The number of hydrogen-bond donors (Lipinski definition) is 3. The second-order valence-corrected chi connectivity index (χ2v) is 4.36. The molecule has 2 rings (SSSR count). The highest BCUT2D eigenvalue weighted by molar-refractivity contribution is 5.68. The van der Waals surface area contributed by atoms with Crippen molar-refractivity contribution in [2.24, 2.45) is 0 Å². The normalized spacial score (nSPS) is 11.0. The Labute approximate surface area is 126 Å². The van der Waals surface area contributed by atoms with Crippen LogP contribution in [0.2, 0.25) is 0 Å². The zero-order valence-electron chi connectivity index (χ0n) is 11.7. The van der Waals surface area contributed by atoms with Crippen molar-refractivity contribution in [3.05, 3.63) is 64.3 Å². The molecule has 0 bridgehead atoms. The van der Waals surface area contributed by atoms with Crippen molar-refractivity contribution >= 4 is 11.4 Å². The van der Waals surface area contributed by atoms with E-state index in [0.717, 1.165) is 12.3 Å². The van der Waals surface area contributed by atoms with Gasteiger partial charge in [0, 0.05) is 5.69 Å². The molecule has 0 aliphatic heterocycles. The quantitative estimate of drug-likeness (QED) is 0.445. The van der Waals surface area contributed by atoms with Crippen LogP contribution in [-0.4, -0.2) is 22.2 Å². The molecule has 0 fully saturated rings. The van der Waals surface area contributed by atoms with Gasteiger partial charge in [-0.3, -0.25) is 10.1 Å². The van der Waals surface area contributed by atoms with Gasteiger partial charge in [-0.2, -0.15) is 0 Å². The Hall–Kier alpha value is -3.22. The molecule has 0 spiro atoms. The summed E-state index contributed by atoms with van der Waals surface area (Å²) >= 11 is 0. The number of phenols is 2. The van der Waals surface area contributed by atoms with Gasteiger partial charge in [-0.05, 0) is 42.5 Å². The van der Waals surface area contributed by atoms with Crippen LogP contribution in [-0.2, 0) is 0 Å². The molecule has 114 valence electrons. The van der Waals surface area contributed by atoms with E-state index in [4.69, 9.17) is 4.74 Å². The smallest absolute Gasteiger partial charge is 0.296 e. The molecule has 0 amide bonds. The highest BCUT2D eigenvalue weighted by Gasteiger charge is 2.19. The Kier molecular flexibility index (Phi) is 4.47. The summed E-state index contributed by atoms with van der Waals surface area (Å²) in [6.07, 6.45) is 1.15. The van der Waals surface area contributed by atoms with Gasteiger partial charge >= 0.3 is 0 Å². The fraction of sp³-hybridized carbons (Fsp3) is 0.0667. The molecule has 0 radical (unpaired) electrons. The minimum atomic E-state index is -0.648. The number of phenolic OH excluding ortho intramolecular Hbond substituents is 2. The first-order chi connectivity index (χ1) is 10.5. The van der Waals surface area contributed by atoms with E-state index in [1.54, 1.807) is 24.3 Å². The minimum Gasteiger partial charge on any atom is -0.508 e. The molecule has 2 aromatic carbocycles. The third-order valence-corrected chi connectivity index (χ3v) is 2.92. The minimum absolute atomic E-state index is 0.0778. The lowest BCUT2D eigenvalue weighted by molar-refractivity contribution is -0.375. The second-order valence-electron chi connectivity index (χ2n) is 4.36. The molecule has 0 saturated heterocycles. The summed E-state index contributed by atoms with van der Waals surface area (Å²) in [5, 5.41) is 33.1. The van der Waals surface area contributed by atoms with E-state index >= 15 is 0 Å². The lowest BCUT2D eigenvalue weighted by Gasteiger charge is -2.05. The first-order valence-corrected chi connectivity index (χ1v) is 6.29. The molecule has 22 heavy (non-hydrogen) atoms. The van der Waals surface area contributed by atoms with Crippen LogP contribution < -0.4 is 10.1 Å². The summed E-state index contributed by atoms with van der Waals surface area (Å²) in [6.45, 7) is 0. The van der Waals surface area contributed by atoms with E-state index in [2.05, 4.69) is 5.32 Å². The first kappa shape index (κ1) is 15.2. The molecule has 0 aliphatic carbocycles. The molecule has 7 nitrogen and oxygen atoms in total. The number of nitrogens with zero attached hydrogens (tertiary/aromatic N) is 1. The maximum absolute atomic E-state index is 11.2. The molecule has 0 aromatic heterocycles. The molecule has 0 atom stereocenters. The second kappa shape index (κ2) is 6.49. The van der Waals surface area contributed by atoms with Crippen molar-refractivity contribution in [1.29, 1.82) is 0 Å². The van der Waals surface area contributed by atoms with Crippen LogP contribution in [0.4, 0.5) is 5.69 Å². The lowest BCUT2D eigenvalue weighted by atomic mass is 10.1. The number of hydrogen-bond acceptors (Lipinski definition) is 6. The van der Waals surface area contributed by atoms with E-state index in [-0.39, 0.29) is 22.8 Å². The number of nitro groups is 1. The zero-order valence-corrected chi connectivity index (χ0v) is 11.7. The molecule has 7 heteroatoms. The number of methoxy groups -OCH3 is 1. The van der Waals surface area contributed by atoms with Gasteiger partial charge in [0.2, 0.25) is 0 Å². The van der Waals surface area contributed by atoms with Crippen LogP contribution in [0.1, 0.15) is 5.56 Å². The van der Waals surface area contributed by atoms with Crippen LogP contribution in [0, 0.1) is 10.1 Å². The van der Waals surface area contributed by atoms with Gasteiger partial charge in [0.1, 0.15) is 17.2 Å². The van der Waals surface area contributed by atoms with Crippen molar-refractivity contribution in [3.8, 4) is 17.2 Å². The van der Waals surface area contributed by atoms with E-state index in [9.17, 15) is 20.3 Å². The van der Waals surface area contributed by atoms with Crippen LogP contribution in [0.25, 0.3) is 5.70 Å². The van der Waals surface area contributed by atoms with E-state index < -0.39 is 4.92 Å². The highest BCUT2D eigenvalue weighted by atomic mass is 16.6. The summed E-state index contributed by atoms with van der Waals surface area (Å²) in [4.78, 5) is 10.5. The summed E-state index contributed by atoms with van der Waals surface area (Å²) in [6, 6.07) is 10.3. The molecular weight excluding hydrogens is 288 g/mol. The zero-order chi connectivity index (χ0) is 16.1. The number of aromatic hydroxyl groups is 2. The first-order valence-electron chi connectivity index (χ1n) is 6.29. The van der Waals surface area contributed by atoms with Crippen molar-refractivity contribution in [3.63, 3.8) is 0 Å². The van der Waals surface area contributed by atoms with Gasteiger partial charge in [-0.1, -0.05) is 0 Å².